The van der Waals surface area contributed by atoms with E-state index in [1.54, 1.807) is 35.7 Å². The third kappa shape index (κ3) is 4.75. The van der Waals surface area contributed by atoms with Gasteiger partial charge < -0.3 is 9.84 Å². The van der Waals surface area contributed by atoms with Crippen molar-refractivity contribution < 1.29 is 14.6 Å². The number of hydrogen-bond acceptors (Lipinski definition) is 6. The summed E-state index contributed by atoms with van der Waals surface area (Å²) in [5.74, 6) is 0. The summed E-state index contributed by atoms with van der Waals surface area (Å²) in [6, 6.07) is 7.04. The molecule has 1 saturated heterocycles. The van der Waals surface area contributed by atoms with Gasteiger partial charge in [0.25, 0.3) is 0 Å². The van der Waals surface area contributed by atoms with Crippen molar-refractivity contribution in [1.29, 1.82) is 0 Å². The number of thiazole rings is 1. The van der Waals surface area contributed by atoms with Gasteiger partial charge in [-0.3, -0.25) is 4.90 Å². The molecule has 7 nitrogen and oxygen atoms in total. The number of ether oxygens (including phenoxy) is 1. The number of hydrogen-bond donors (Lipinski definition) is 1. The van der Waals surface area contributed by atoms with Crippen molar-refractivity contribution >= 4 is 46.3 Å². The Hall–Kier alpha value is -2.52. The predicted molar refractivity (Wildman–Crippen MR) is 132 cm³/mol. The minimum absolute atomic E-state index is 0.104. The highest BCUT2D eigenvalue weighted by atomic mass is 35.5. The highest BCUT2D eigenvalue weighted by Gasteiger charge is 2.34. The number of halogens is 2. The largest absolute Gasteiger partial charge is 0.465 e. The van der Waals surface area contributed by atoms with E-state index < -0.39 is 6.09 Å². The van der Waals surface area contributed by atoms with Gasteiger partial charge in [-0.1, -0.05) is 36.7 Å². The van der Waals surface area contributed by atoms with E-state index in [-0.39, 0.29) is 22.3 Å². The Labute approximate surface area is 205 Å². The number of anilines is 1. The van der Waals surface area contributed by atoms with Gasteiger partial charge >= 0.3 is 6.09 Å². The molecule has 3 aromatic rings. The standard InChI is InChI=1S/C23H22Cl2N4O3S/c1-3-11-29(22(30)31)16-6-4-5-14(17(16)24)18-19(15-7-10-26-21(25)27-15)33-20(28-18)23(2)8-12-32-13-9-23/h3-7,10H,1,8-9,11-13H2,2H3,(H,30,31). The zero-order chi connectivity index (χ0) is 23.6. The van der Waals surface area contributed by atoms with Gasteiger partial charge in [0.1, 0.15) is 0 Å². The van der Waals surface area contributed by atoms with Crippen molar-refractivity contribution in [3.63, 3.8) is 0 Å². The van der Waals surface area contributed by atoms with E-state index in [0.717, 1.165) is 27.6 Å². The second-order valence-electron chi connectivity index (χ2n) is 7.90. The van der Waals surface area contributed by atoms with Crippen LogP contribution in [0.25, 0.3) is 21.8 Å². The lowest BCUT2D eigenvalue weighted by molar-refractivity contribution is 0.0564. The second kappa shape index (κ2) is 9.77. The van der Waals surface area contributed by atoms with Crippen molar-refractivity contribution in [2.45, 2.75) is 25.2 Å². The van der Waals surface area contributed by atoms with Crippen LogP contribution >= 0.6 is 34.5 Å². The van der Waals surface area contributed by atoms with E-state index in [2.05, 4.69) is 23.5 Å². The molecule has 0 radical (unpaired) electrons. The summed E-state index contributed by atoms with van der Waals surface area (Å²) < 4.78 is 5.56. The fourth-order valence-corrected chi connectivity index (χ4v) is 5.47. The van der Waals surface area contributed by atoms with E-state index in [1.807, 2.05) is 6.07 Å². The SMILES string of the molecule is C=CCN(C(=O)O)c1cccc(-c2nc(C3(C)CCOCC3)sc2-c2ccnc(Cl)n2)c1Cl. The van der Waals surface area contributed by atoms with Crippen molar-refractivity contribution in [3.8, 4) is 21.8 Å². The average molecular weight is 505 g/mol. The van der Waals surface area contributed by atoms with Gasteiger partial charge in [-0.2, -0.15) is 0 Å². The maximum atomic E-state index is 11.8. The van der Waals surface area contributed by atoms with Crippen LogP contribution in [0, 0.1) is 0 Å². The fourth-order valence-electron chi connectivity index (χ4n) is 3.75. The Morgan fingerprint density at radius 1 is 1.30 bits per heavy atom. The number of carboxylic acid groups (broad SMARTS) is 1. The molecule has 0 atom stereocenters. The van der Waals surface area contributed by atoms with Crippen LogP contribution in [0.3, 0.4) is 0 Å². The Morgan fingerprint density at radius 3 is 2.73 bits per heavy atom. The molecule has 0 spiro atoms. The molecular weight excluding hydrogens is 483 g/mol. The summed E-state index contributed by atoms with van der Waals surface area (Å²) in [6.07, 6.45) is 3.69. The number of rotatable bonds is 6. The van der Waals surface area contributed by atoms with E-state index in [0.29, 0.717) is 35.9 Å². The van der Waals surface area contributed by atoms with Gasteiger partial charge in [-0.15, -0.1) is 17.9 Å². The summed E-state index contributed by atoms with van der Waals surface area (Å²) in [6.45, 7) is 7.28. The average Bonchev–Trinajstić information content (AvgIpc) is 3.24. The first-order valence-electron chi connectivity index (χ1n) is 10.3. The van der Waals surface area contributed by atoms with Crippen LogP contribution in [0.2, 0.25) is 10.3 Å². The maximum absolute atomic E-state index is 11.8. The summed E-state index contributed by atoms with van der Waals surface area (Å²) in [5, 5.41) is 11.1. The van der Waals surface area contributed by atoms with E-state index in [1.165, 1.54) is 6.08 Å². The number of nitrogens with zero attached hydrogens (tertiary/aromatic N) is 4. The summed E-state index contributed by atoms with van der Waals surface area (Å²) >= 11 is 14.4. The van der Waals surface area contributed by atoms with Crippen LogP contribution in [-0.2, 0) is 10.2 Å². The molecule has 1 aliphatic heterocycles. The van der Waals surface area contributed by atoms with Crippen LogP contribution in [-0.4, -0.2) is 45.9 Å². The zero-order valence-corrected chi connectivity index (χ0v) is 20.3. The van der Waals surface area contributed by atoms with Gasteiger partial charge in [0.05, 0.1) is 32.0 Å². The molecule has 0 aliphatic carbocycles. The van der Waals surface area contributed by atoms with Gasteiger partial charge in [0, 0.05) is 36.9 Å². The molecule has 2 aromatic heterocycles. The topological polar surface area (TPSA) is 88.4 Å². The van der Waals surface area contributed by atoms with Crippen molar-refractivity contribution in [2.75, 3.05) is 24.7 Å². The van der Waals surface area contributed by atoms with Crippen molar-refractivity contribution in [2.24, 2.45) is 0 Å². The monoisotopic (exact) mass is 504 g/mol. The van der Waals surface area contributed by atoms with Gasteiger partial charge in [0.15, 0.2) is 0 Å². The Morgan fingerprint density at radius 2 is 2.06 bits per heavy atom. The number of carbonyl (C=O) groups is 1. The van der Waals surface area contributed by atoms with Crippen molar-refractivity contribution in [3.05, 3.63) is 58.4 Å². The fraction of sp³-hybridized carbons (Fsp3) is 0.304. The Balaban J connectivity index is 1.90. The molecule has 3 heterocycles. The molecule has 33 heavy (non-hydrogen) atoms. The molecular formula is C23H22Cl2N4O3S. The van der Waals surface area contributed by atoms with E-state index >= 15 is 0 Å². The lowest BCUT2D eigenvalue weighted by Crippen LogP contribution is -2.30. The van der Waals surface area contributed by atoms with Crippen molar-refractivity contribution in [1.82, 2.24) is 15.0 Å². The minimum atomic E-state index is -1.12. The number of benzene rings is 1. The maximum Gasteiger partial charge on any atom is 0.412 e. The molecule has 172 valence electrons. The molecule has 1 aliphatic rings. The molecule has 0 bridgehead atoms. The Bertz CT molecular complexity index is 1190. The van der Waals surface area contributed by atoms with Crippen LogP contribution in [0.5, 0.6) is 0 Å². The van der Waals surface area contributed by atoms with Crippen LogP contribution in [0.4, 0.5) is 10.5 Å². The third-order valence-electron chi connectivity index (χ3n) is 5.67. The predicted octanol–water partition coefficient (Wildman–Crippen LogP) is 6.31. The lowest BCUT2D eigenvalue weighted by Gasteiger charge is -2.31. The summed E-state index contributed by atoms with van der Waals surface area (Å²) in [4.78, 5) is 27.2. The van der Waals surface area contributed by atoms with E-state index in [9.17, 15) is 9.90 Å². The van der Waals surface area contributed by atoms with Gasteiger partial charge in [-0.25, -0.2) is 19.7 Å². The summed E-state index contributed by atoms with van der Waals surface area (Å²) in [7, 11) is 0. The number of amides is 1. The molecule has 1 N–H and O–H groups in total. The smallest absolute Gasteiger partial charge is 0.412 e. The number of aromatic nitrogens is 3. The normalized spacial score (nSPS) is 15.2. The Kier molecular flexibility index (Phi) is 6.99. The first-order valence-corrected chi connectivity index (χ1v) is 11.9. The molecule has 0 saturated carbocycles. The highest BCUT2D eigenvalue weighted by molar-refractivity contribution is 7.15. The summed E-state index contributed by atoms with van der Waals surface area (Å²) in [5.41, 5.74) is 2.10. The first-order chi connectivity index (χ1) is 15.8. The van der Waals surface area contributed by atoms with Crippen LogP contribution < -0.4 is 4.90 Å². The highest BCUT2D eigenvalue weighted by Crippen LogP contribution is 2.46. The third-order valence-corrected chi connectivity index (χ3v) is 7.63. The molecule has 1 aromatic carbocycles. The van der Waals surface area contributed by atoms with Gasteiger partial charge in [-0.05, 0) is 36.6 Å². The quantitative estimate of drug-likeness (QED) is 0.312. The van der Waals surface area contributed by atoms with Crippen LogP contribution in [0.15, 0.2) is 43.1 Å². The van der Waals surface area contributed by atoms with Crippen LogP contribution in [0.1, 0.15) is 24.8 Å². The zero-order valence-electron chi connectivity index (χ0n) is 17.9. The first kappa shape index (κ1) is 23.6. The van der Waals surface area contributed by atoms with E-state index in [4.69, 9.17) is 32.9 Å². The van der Waals surface area contributed by atoms with Gasteiger partial charge in [0.2, 0.25) is 5.28 Å². The molecule has 1 amide bonds. The molecule has 1 fully saturated rings. The second-order valence-corrected chi connectivity index (χ2v) is 9.62. The molecule has 4 rings (SSSR count). The molecule has 10 heteroatoms. The molecule has 0 unspecified atom stereocenters. The lowest BCUT2D eigenvalue weighted by atomic mass is 9.83. The minimum Gasteiger partial charge on any atom is -0.465 e.